The summed E-state index contributed by atoms with van der Waals surface area (Å²) < 4.78 is 1.85. The average Bonchev–Trinajstić information content (AvgIpc) is 2.75. The van der Waals surface area contributed by atoms with Gasteiger partial charge in [0.25, 0.3) is 0 Å². The Morgan fingerprint density at radius 2 is 2.20 bits per heavy atom. The molecule has 0 unspecified atom stereocenters. The molecule has 2 aromatic rings. The normalized spacial score (nSPS) is 10.9. The predicted octanol–water partition coefficient (Wildman–Crippen LogP) is 2.14. The third-order valence-electron chi connectivity index (χ3n) is 1.98. The molecule has 15 heavy (non-hydrogen) atoms. The van der Waals surface area contributed by atoms with Crippen molar-refractivity contribution >= 4 is 22.9 Å². The molecule has 0 aliphatic rings. The van der Waals surface area contributed by atoms with Crippen molar-refractivity contribution < 1.29 is 0 Å². The first-order valence-corrected chi connectivity index (χ1v) is 5.97. The predicted molar refractivity (Wildman–Crippen MR) is 60.3 cm³/mol. The minimum atomic E-state index is 0.464. The van der Waals surface area contributed by atoms with Gasteiger partial charge in [-0.3, -0.25) is 0 Å². The molecule has 0 aliphatic carbocycles. The van der Waals surface area contributed by atoms with Gasteiger partial charge in [-0.15, -0.1) is 22.9 Å². The molecule has 0 aromatic carbocycles. The topological polar surface area (TPSA) is 43.6 Å². The van der Waals surface area contributed by atoms with Crippen LogP contribution in [0.1, 0.15) is 22.4 Å². The van der Waals surface area contributed by atoms with Crippen LogP contribution >= 0.6 is 22.9 Å². The summed E-state index contributed by atoms with van der Waals surface area (Å²) in [6, 6.07) is 0. The molecule has 2 heterocycles. The van der Waals surface area contributed by atoms with E-state index in [1.54, 1.807) is 11.3 Å². The van der Waals surface area contributed by atoms with Crippen LogP contribution in [0.5, 0.6) is 0 Å². The second-order valence-electron chi connectivity index (χ2n) is 3.23. The fourth-order valence-corrected chi connectivity index (χ4v) is 2.33. The second-order valence-corrected chi connectivity index (χ2v) is 4.44. The number of aromatic nitrogens is 4. The quantitative estimate of drug-likeness (QED) is 0.775. The van der Waals surface area contributed by atoms with Gasteiger partial charge in [-0.05, 0) is 13.8 Å². The van der Waals surface area contributed by atoms with E-state index >= 15 is 0 Å². The highest BCUT2D eigenvalue weighted by Gasteiger charge is 2.06. The van der Waals surface area contributed by atoms with Crippen LogP contribution in [0.4, 0.5) is 0 Å². The van der Waals surface area contributed by atoms with Crippen LogP contribution in [0.25, 0.3) is 0 Å². The lowest BCUT2D eigenvalue weighted by molar-refractivity contribution is 0.652. The number of hydrogen-bond acceptors (Lipinski definition) is 4. The van der Waals surface area contributed by atoms with Crippen molar-refractivity contribution in [2.75, 3.05) is 0 Å². The molecule has 0 bridgehead atoms. The first kappa shape index (κ1) is 10.6. The van der Waals surface area contributed by atoms with Crippen molar-refractivity contribution in [3.05, 3.63) is 27.7 Å². The van der Waals surface area contributed by atoms with Crippen molar-refractivity contribution in [3.8, 4) is 0 Å². The van der Waals surface area contributed by atoms with Gasteiger partial charge in [0.1, 0.15) is 16.7 Å². The van der Waals surface area contributed by atoms with Gasteiger partial charge in [0.05, 0.1) is 18.1 Å². The minimum absolute atomic E-state index is 0.464. The molecule has 0 radical (unpaired) electrons. The average molecular weight is 243 g/mol. The first-order chi connectivity index (χ1) is 7.19. The second kappa shape index (κ2) is 4.28. The van der Waals surface area contributed by atoms with Crippen LogP contribution in [0, 0.1) is 13.8 Å². The Morgan fingerprint density at radius 1 is 1.40 bits per heavy atom. The third-order valence-corrected chi connectivity index (χ3v) is 3.14. The van der Waals surface area contributed by atoms with Gasteiger partial charge in [-0.1, -0.05) is 0 Å². The van der Waals surface area contributed by atoms with Crippen molar-refractivity contribution in [1.82, 2.24) is 19.7 Å². The summed E-state index contributed by atoms with van der Waals surface area (Å²) in [5.41, 5.74) is 0.922. The number of aryl methyl sites for hydroxylation is 2. The first-order valence-electron chi connectivity index (χ1n) is 4.56. The summed E-state index contributed by atoms with van der Waals surface area (Å²) in [6.45, 7) is 4.50. The highest BCUT2D eigenvalue weighted by molar-refractivity contribution is 7.09. The molecule has 0 N–H and O–H groups in total. The summed E-state index contributed by atoms with van der Waals surface area (Å²) in [5, 5.41) is 7.27. The van der Waals surface area contributed by atoms with E-state index < -0.39 is 0 Å². The maximum absolute atomic E-state index is 5.69. The molecule has 4 nitrogen and oxygen atoms in total. The van der Waals surface area contributed by atoms with Crippen molar-refractivity contribution in [1.29, 1.82) is 0 Å². The number of nitrogens with zero attached hydrogens (tertiary/aromatic N) is 4. The van der Waals surface area contributed by atoms with Gasteiger partial charge < -0.3 is 0 Å². The van der Waals surface area contributed by atoms with Crippen LogP contribution in [0.2, 0.25) is 0 Å². The zero-order chi connectivity index (χ0) is 10.8. The molecule has 2 aromatic heterocycles. The summed E-state index contributed by atoms with van der Waals surface area (Å²) in [4.78, 5) is 8.61. The van der Waals surface area contributed by atoms with Gasteiger partial charge in [-0.2, -0.15) is 5.10 Å². The monoisotopic (exact) mass is 242 g/mol. The summed E-state index contributed by atoms with van der Waals surface area (Å²) >= 11 is 7.29. The molecule has 2 rings (SSSR count). The number of thiazole rings is 1. The Balaban J connectivity index is 2.17. The van der Waals surface area contributed by atoms with E-state index in [0.29, 0.717) is 12.4 Å². The largest absolute Gasteiger partial charge is 0.243 e. The fourth-order valence-electron chi connectivity index (χ4n) is 1.32. The van der Waals surface area contributed by atoms with Crippen LogP contribution < -0.4 is 0 Å². The lowest BCUT2D eigenvalue weighted by Crippen LogP contribution is -2.03. The zero-order valence-electron chi connectivity index (χ0n) is 8.57. The number of hydrogen-bond donors (Lipinski definition) is 0. The number of alkyl halides is 1. The van der Waals surface area contributed by atoms with Gasteiger partial charge in [0, 0.05) is 5.38 Å². The molecule has 0 atom stereocenters. The van der Waals surface area contributed by atoms with Crippen molar-refractivity contribution in [2.45, 2.75) is 26.3 Å². The molecule has 0 spiro atoms. The summed E-state index contributed by atoms with van der Waals surface area (Å²) in [6.07, 6.45) is 0. The van der Waals surface area contributed by atoms with Crippen LogP contribution in [0.3, 0.4) is 0 Å². The van der Waals surface area contributed by atoms with Crippen LogP contribution in [-0.2, 0) is 12.4 Å². The molecule has 6 heteroatoms. The Labute approximate surface area is 96.9 Å². The molecular weight excluding hydrogens is 232 g/mol. The Morgan fingerprint density at radius 3 is 2.73 bits per heavy atom. The van der Waals surface area contributed by atoms with E-state index in [0.717, 1.165) is 22.4 Å². The van der Waals surface area contributed by atoms with E-state index in [2.05, 4.69) is 15.1 Å². The van der Waals surface area contributed by atoms with E-state index in [-0.39, 0.29) is 0 Å². The summed E-state index contributed by atoms with van der Waals surface area (Å²) in [7, 11) is 0. The molecule has 0 saturated heterocycles. The zero-order valence-corrected chi connectivity index (χ0v) is 10.1. The molecule has 0 saturated carbocycles. The van der Waals surface area contributed by atoms with E-state index in [1.165, 1.54) is 0 Å². The Hall–Kier alpha value is -0.940. The molecule has 80 valence electrons. The highest BCUT2D eigenvalue weighted by atomic mass is 35.5. The van der Waals surface area contributed by atoms with Crippen molar-refractivity contribution in [2.24, 2.45) is 0 Å². The van der Waals surface area contributed by atoms with Crippen molar-refractivity contribution in [3.63, 3.8) is 0 Å². The van der Waals surface area contributed by atoms with Gasteiger partial charge in [0.15, 0.2) is 0 Å². The smallest absolute Gasteiger partial charge is 0.147 e. The van der Waals surface area contributed by atoms with E-state index in [1.807, 2.05) is 23.9 Å². The molecule has 0 fully saturated rings. The Bertz CT molecular complexity index is 462. The number of halogens is 1. The lowest BCUT2D eigenvalue weighted by Gasteiger charge is -1.98. The minimum Gasteiger partial charge on any atom is -0.243 e. The summed E-state index contributed by atoms with van der Waals surface area (Å²) in [5.74, 6) is 2.17. The van der Waals surface area contributed by atoms with Gasteiger partial charge in [0.2, 0.25) is 0 Å². The van der Waals surface area contributed by atoms with Gasteiger partial charge in [-0.25, -0.2) is 14.6 Å². The molecule has 0 aliphatic heterocycles. The Kier molecular flexibility index (Phi) is 3.02. The highest BCUT2D eigenvalue weighted by Crippen LogP contribution is 2.13. The maximum Gasteiger partial charge on any atom is 0.147 e. The standard InChI is InChI=1S/C9H11ClN4S/c1-6-11-7(2)14(13-6)4-9-12-8(3-10)5-15-9/h5H,3-4H2,1-2H3. The van der Waals surface area contributed by atoms with Crippen LogP contribution in [-0.4, -0.2) is 19.7 Å². The number of rotatable bonds is 3. The van der Waals surface area contributed by atoms with Crippen LogP contribution in [0.15, 0.2) is 5.38 Å². The third kappa shape index (κ3) is 2.35. The molecular formula is C9H11ClN4S. The lowest BCUT2D eigenvalue weighted by atomic mass is 10.5. The SMILES string of the molecule is Cc1nc(C)n(Cc2nc(CCl)cs2)n1. The van der Waals surface area contributed by atoms with E-state index in [9.17, 15) is 0 Å². The fraction of sp³-hybridized carbons (Fsp3) is 0.444. The van der Waals surface area contributed by atoms with Gasteiger partial charge >= 0.3 is 0 Å². The maximum atomic E-state index is 5.69. The molecule has 0 amide bonds. The van der Waals surface area contributed by atoms with E-state index in [4.69, 9.17) is 11.6 Å².